The molecule has 0 saturated heterocycles. The zero-order chi connectivity index (χ0) is 24.5. The zero-order valence-corrected chi connectivity index (χ0v) is 24.4. The maximum atomic E-state index is 2.33. The summed E-state index contributed by atoms with van der Waals surface area (Å²) in [6, 6.07) is 11.2. The van der Waals surface area contributed by atoms with Crippen molar-refractivity contribution in [2.45, 2.75) is 162 Å². The third kappa shape index (κ3) is 17.8. The van der Waals surface area contributed by atoms with Crippen LogP contribution in [0.2, 0.25) is 0 Å². The molecule has 0 aromatic heterocycles. The van der Waals surface area contributed by atoms with Crippen LogP contribution in [0.5, 0.6) is 0 Å². The first-order chi connectivity index (χ1) is 16.8. The lowest BCUT2D eigenvalue weighted by atomic mass is 9.97. The standard InChI is InChI=1S/C33H59P/c1-4-7-10-13-16-22-27-32(28-23-17-14-11-8-5-2)33(29-24-18-15-12-9-6-3)34-30-31-25-20-19-21-26-31/h19-21,25-26,34H,4-18,22-24,27-30H2,1-3H3. The molecule has 196 valence electrons. The molecule has 1 heteroatoms. The molecule has 0 spiro atoms. The molecule has 0 N–H and O–H groups in total. The molecule has 0 heterocycles. The molecule has 0 aliphatic carbocycles. The lowest BCUT2D eigenvalue weighted by Gasteiger charge is -2.17. The molecule has 1 aromatic rings. The Hall–Kier alpha value is -0.610. The Kier molecular flexibility index (Phi) is 22.3. The smallest absolute Gasteiger partial charge is 0.00633 e. The first kappa shape index (κ1) is 31.4. The number of benzene rings is 1. The Morgan fingerprint density at radius 1 is 0.500 bits per heavy atom. The summed E-state index contributed by atoms with van der Waals surface area (Å²) >= 11 is 0. The number of hydrogen-bond donors (Lipinski definition) is 0. The molecule has 1 rings (SSSR count). The first-order valence-electron chi connectivity index (χ1n) is 15.3. The molecular weight excluding hydrogens is 427 g/mol. The summed E-state index contributed by atoms with van der Waals surface area (Å²) in [5.74, 6) is 0. The van der Waals surface area contributed by atoms with Crippen LogP contribution in [0.4, 0.5) is 0 Å². The topological polar surface area (TPSA) is 0 Å². The van der Waals surface area contributed by atoms with Crippen LogP contribution < -0.4 is 0 Å². The Labute approximate surface area is 217 Å². The Balaban J connectivity index is 2.73. The molecule has 0 bridgehead atoms. The summed E-state index contributed by atoms with van der Waals surface area (Å²) in [4.78, 5) is 0. The summed E-state index contributed by atoms with van der Waals surface area (Å²) in [5.41, 5.74) is 3.41. The molecule has 1 unspecified atom stereocenters. The van der Waals surface area contributed by atoms with Gasteiger partial charge in [0.2, 0.25) is 0 Å². The summed E-state index contributed by atoms with van der Waals surface area (Å²) in [5, 5.41) is 1.88. The van der Waals surface area contributed by atoms with Crippen LogP contribution in [0.1, 0.15) is 161 Å². The second kappa shape index (κ2) is 24.1. The minimum Gasteiger partial charge on any atom is -0.0904 e. The van der Waals surface area contributed by atoms with Crippen LogP contribution in [0.15, 0.2) is 41.2 Å². The summed E-state index contributed by atoms with van der Waals surface area (Å²) < 4.78 is 0. The van der Waals surface area contributed by atoms with Gasteiger partial charge in [-0.2, -0.15) is 0 Å². The SMILES string of the molecule is CCCCCCCCC(CCCCCCCC)=C(CCCCCCCC)PCc1ccccc1. The van der Waals surface area contributed by atoms with Crippen LogP contribution >= 0.6 is 8.58 Å². The van der Waals surface area contributed by atoms with Gasteiger partial charge in [-0.1, -0.05) is 162 Å². The molecule has 1 atom stereocenters. The highest BCUT2D eigenvalue weighted by molar-refractivity contribution is 7.42. The van der Waals surface area contributed by atoms with Crippen molar-refractivity contribution in [1.82, 2.24) is 0 Å². The molecule has 0 amide bonds. The fourth-order valence-electron chi connectivity index (χ4n) is 4.94. The molecule has 0 saturated carbocycles. The van der Waals surface area contributed by atoms with E-state index in [-0.39, 0.29) is 0 Å². The van der Waals surface area contributed by atoms with Crippen molar-refractivity contribution in [3.63, 3.8) is 0 Å². The predicted octanol–water partition coefficient (Wildman–Crippen LogP) is 12.4. The van der Waals surface area contributed by atoms with Gasteiger partial charge in [-0.3, -0.25) is 0 Å². The third-order valence-electron chi connectivity index (χ3n) is 7.22. The van der Waals surface area contributed by atoms with Crippen molar-refractivity contribution in [2.75, 3.05) is 0 Å². The third-order valence-corrected chi connectivity index (χ3v) is 8.84. The van der Waals surface area contributed by atoms with Crippen molar-refractivity contribution >= 4 is 8.58 Å². The van der Waals surface area contributed by atoms with Crippen molar-refractivity contribution in [2.24, 2.45) is 0 Å². The van der Waals surface area contributed by atoms with Gasteiger partial charge in [0, 0.05) is 0 Å². The minimum atomic E-state index is 0.997. The normalized spacial score (nSPS) is 11.5. The monoisotopic (exact) mass is 486 g/mol. The van der Waals surface area contributed by atoms with Gasteiger partial charge in [0.15, 0.2) is 0 Å². The number of allylic oxidation sites excluding steroid dienone is 2. The lowest BCUT2D eigenvalue weighted by Crippen LogP contribution is -1.94. The van der Waals surface area contributed by atoms with E-state index in [1.165, 1.54) is 147 Å². The average Bonchev–Trinajstić information content (AvgIpc) is 2.87. The zero-order valence-electron chi connectivity index (χ0n) is 23.4. The average molecular weight is 487 g/mol. The van der Waals surface area contributed by atoms with E-state index in [0.29, 0.717) is 0 Å². The first-order valence-corrected chi connectivity index (χ1v) is 16.5. The van der Waals surface area contributed by atoms with Gasteiger partial charge in [0.05, 0.1) is 0 Å². The van der Waals surface area contributed by atoms with Gasteiger partial charge >= 0.3 is 0 Å². The highest BCUT2D eigenvalue weighted by atomic mass is 31.1. The fourth-order valence-corrected chi connectivity index (χ4v) is 6.45. The van der Waals surface area contributed by atoms with Crippen molar-refractivity contribution < 1.29 is 0 Å². The van der Waals surface area contributed by atoms with E-state index in [9.17, 15) is 0 Å². The summed E-state index contributed by atoms with van der Waals surface area (Å²) in [6.45, 7) is 6.97. The minimum absolute atomic E-state index is 0.997. The van der Waals surface area contributed by atoms with Gasteiger partial charge in [0.1, 0.15) is 0 Å². The maximum absolute atomic E-state index is 2.33. The largest absolute Gasteiger partial charge is 0.0904 e. The Morgan fingerprint density at radius 3 is 1.38 bits per heavy atom. The second-order valence-electron chi connectivity index (χ2n) is 10.5. The molecular formula is C33H59P. The predicted molar refractivity (Wildman–Crippen MR) is 159 cm³/mol. The van der Waals surface area contributed by atoms with Gasteiger partial charge < -0.3 is 0 Å². The molecule has 1 aromatic carbocycles. The van der Waals surface area contributed by atoms with E-state index in [1.54, 1.807) is 0 Å². The van der Waals surface area contributed by atoms with E-state index in [1.807, 2.05) is 10.9 Å². The molecule has 0 nitrogen and oxygen atoms in total. The number of rotatable bonds is 24. The van der Waals surface area contributed by atoms with E-state index in [2.05, 4.69) is 51.1 Å². The molecule has 0 radical (unpaired) electrons. The Bertz CT molecular complexity index is 555. The van der Waals surface area contributed by atoms with Crippen LogP contribution in [0.3, 0.4) is 0 Å². The highest BCUT2D eigenvalue weighted by Crippen LogP contribution is 2.38. The summed E-state index contributed by atoms with van der Waals surface area (Å²) in [6.07, 6.45) is 30.9. The highest BCUT2D eigenvalue weighted by Gasteiger charge is 2.09. The number of unbranched alkanes of at least 4 members (excludes halogenated alkanes) is 15. The van der Waals surface area contributed by atoms with Gasteiger partial charge in [-0.05, 0) is 55.6 Å². The van der Waals surface area contributed by atoms with Crippen LogP contribution in [-0.4, -0.2) is 0 Å². The van der Waals surface area contributed by atoms with E-state index >= 15 is 0 Å². The van der Waals surface area contributed by atoms with E-state index < -0.39 is 0 Å². The fraction of sp³-hybridized carbons (Fsp3) is 0.758. The van der Waals surface area contributed by atoms with Gasteiger partial charge in [0.25, 0.3) is 0 Å². The van der Waals surface area contributed by atoms with Gasteiger partial charge in [-0.15, -0.1) is 0 Å². The number of hydrogen-bond acceptors (Lipinski definition) is 0. The van der Waals surface area contributed by atoms with E-state index in [0.717, 1.165) is 8.58 Å². The van der Waals surface area contributed by atoms with E-state index in [4.69, 9.17) is 0 Å². The van der Waals surface area contributed by atoms with Crippen molar-refractivity contribution in [3.05, 3.63) is 46.8 Å². The maximum Gasteiger partial charge on any atom is -0.00633 e. The van der Waals surface area contributed by atoms with Crippen molar-refractivity contribution in [3.8, 4) is 0 Å². The molecule has 0 aliphatic rings. The lowest BCUT2D eigenvalue weighted by molar-refractivity contribution is 0.578. The molecule has 0 aliphatic heterocycles. The quantitative estimate of drug-likeness (QED) is 0.101. The van der Waals surface area contributed by atoms with Crippen LogP contribution in [0, 0.1) is 0 Å². The van der Waals surface area contributed by atoms with Gasteiger partial charge in [-0.25, -0.2) is 0 Å². The van der Waals surface area contributed by atoms with Crippen molar-refractivity contribution in [1.29, 1.82) is 0 Å². The Morgan fingerprint density at radius 2 is 0.912 bits per heavy atom. The van der Waals surface area contributed by atoms with Crippen LogP contribution in [0.25, 0.3) is 0 Å². The molecule has 34 heavy (non-hydrogen) atoms. The molecule has 0 fully saturated rings. The second-order valence-corrected chi connectivity index (χ2v) is 11.8. The van der Waals surface area contributed by atoms with Crippen LogP contribution in [-0.2, 0) is 6.16 Å². The summed E-state index contributed by atoms with van der Waals surface area (Å²) in [7, 11) is 0.997.